The summed E-state index contributed by atoms with van der Waals surface area (Å²) in [5.41, 5.74) is 8.44. The van der Waals surface area contributed by atoms with Crippen LogP contribution in [-0.2, 0) is 0 Å². The molecule has 0 aliphatic heterocycles. The van der Waals surface area contributed by atoms with Gasteiger partial charge in [0.15, 0.2) is 0 Å². The fraction of sp³-hybridized carbons (Fsp3) is 0.286. The van der Waals surface area contributed by atoms with E-state index < -0.39 is 6.04 Å². The van der Waals surface area contributed by atoms with E-state index in [2.05, 4.69) is 0 Å². The number of benzene rings is 1. The SMILES string of the molecule is Cc1ccc(F)c(C(N)c2cc(C)oc2C)c1. The fourth-order valence-corrected chi connectivity index (χ4v) is 2.03. The van der Waals surface area contributed by atoms with Crippen molar-refractivity contribution < 1.29 is 8.81 Å². The van der Waals surface area contributed by atoms with Gasteiger partial charge in [-0.15, -0.1) is 0 Å². The predicted molar refractivity (Wildman–Crippen MR) is 65.3 cm³/mol. The van der Waals surface area contributed by atoms with Crippen LogP contribution in [0.5, 0.6) is 0 Å². The number of halogens is 1. The zero-order chi connectivity index (χ0) is 12.6. The van der Waals surface area contributed by atoms with Crippen LogP contribution >= 0.6 is 0 Å². The molecule has 0 aliphatic rings. The van der Waals surface area contributed by atoms with Gasteiger partial charge in [-0.25, -0.2) is 4.39 Å². The lowest BCUT2D eigenvalue weighted by Crippen LogP contribution is -2.14. The van der Waals surface area contributed by atoms with Crippen LogP contribution in [0.1, 0.15) is 34.3 Å². The third-order valence-corrected chi connectivity index (χ3v) is 2.90. The van der Waals surface area contributed by atoms with Crippen molar-refractivity contribution in [3.63, 3.8) is 0 Å². The Morgan fingerprint density at radius 1 is 1.12 bits per heavy atom. The van der Waals surface area contributed by atoms with E-state index in [-0.39, 0.29) is 5.82 Å². The second kappa shape index (κ2) is 4.34. The fourth-order valence-electron chi connectivity index (χ4n) is 2.03. The van der Waals surface area contributed by atoms with Crippen LogP contribution in [0.15, 0.2) is 28.7 Å². The van der Waals surface area contributed by atoms with Gasteiger partial charge in [0.2, 0.25) is 0 Å². The second-order valence-electron chi connectivity index (χ2n) is 4.37. The molecule has 2 N–H and O–H groups in total. The molecule has 1 aromatic carbocycles. The van der Waals surface area contributed by atoms with E-state index in [1.165, 1.54) is 6.07 Å². The van der Waals surface area contributed by atoms with Gasteiger partial charge in [-0.3, -0.25) is 0 Å². The van der Waals surface area contributed by atoms with Gasteiger partial charge in [0.05, 0.1) is 6.04 Å². The van der Waals surface area contributed by atoms with Gasteiger partial charge in [-0.1, -0.05) is 17.7 Å². The lowest BCUT2D eigenvalue weighted by atomic mass is 9.98. The monoisotopic (exact) mass is 233 g/mol. The number of furan rings is 1. The van der Waals surface area contributed by atoms with E-state index in [9.17, 15) is 4.39 Å². The maximum Gasteiger partial charge on any atom is 0.128 e. The molecule has 0 bridgehead atoms. The summed E-state index contributed by atoms with van der Waals surface area (Å²) in [7, 11) is 0. The Labute approximate surface area is 100 Å². The number of rotatable bonds is 2. The Balaban J connectivity index is 2.46. The molecule has 17 heavy (non-hydrogen) atoms. The van der Waals surface area contributed by atoms with E-state index in [0.29, 0.717) is 5.56 Å². The van der Waals surface area contributed by atoms with E-state index in [1.807, 2.05) is 26.8 Å². The lowest BCUT2D eigenvalue weighted by Gasteiger charge is -2.13. The molecule has 2 nitrogen and oxygen atoms in total. The first kappa shape index (κ1) is 11.9. The summed E-state index contributed by atoms with van der Waals surface area (Å²) >= 11 is 0. The molecule has 2 aromatic rings. The van der Waals surface area contributed by atoms with Gasteiger partial charge in [0, 0.05) is 11.1 Å². The topological polar surface area (TPSA) is 39.2 Å². The molecule has 3 heteroatoms. The average Bonchev–Trinajstić information content (AvgIpc) is 2.60. The normalized spacial score (nSPS) is 12.8. The number of aryl methyl sites for hydroxylation is 3. The first-order valence-electron chi connectivity index (χ1n) is 5.57. The van der Waals surface area contributed by atoms with Crippen molar-refractivity contribution in [3.8, 4) is 0 Å². The van der Waals surface area contributed by atoms with Crippen molar-refractivity contribution in [1.82, 2.24) is 0 Å². The van der Waals surface area contributed by atoms with Gasteiger partial charge < -0.3 is 10.2 Å². The van der Waals surface area contributed by atoms with Crippen LogP contribution in [-0.4, -0.2) is 0 Å². The highest BCUT2D eigenvalue weighted by molar-refractivity contribution is 5.36. The Kier molecular flexibility index (Phi) is 3.03. The Morgan fingerprint density at radius 3 is 2.41 bits per heavy atom. The third kappa shape index (κ3) is 2.24. The van der Waals surface area contributed by atoms with E-state index in [0.717, 1.165) is 22.6 Å². The van der Waals surface area contributed by atoms with Crippen LogP contribution in [0, 0.1) is 26.6 Å². The summed E-state index contributed by atoms with van der Waals surface area (Å²) in [4.78, 5) is 0. The van der Waals surface area contributed by atoms with Crippen LogP contribution < -0.4 is 5.73 Å². The zero-order valence-corrected chi connectivity index (χ0v) is 10.3. The molecule has 1 heterocycles. The van der Waals surface area contributed by atoms with Gasteiger partial charge in [-0.05, 0) is 32.9 Å². The van der Waals surface area contributed by atoms with Gasteiger partial charge in [-0.2, -0.15) is 0 Å². The highest BCUT2D eigenvalue weighted by atomic mass is 19.1. The second-order valence-corrected chi connectivity index (χ2v) is 4.37. The number of hydrogen-bond acceptors (Lipinski definition) is 2. The number of nitrogens with two attached hydrogens (primary N) is 1. The molecule has 2 rings (SSSR count). The summed E-state index contributed by atoms with van der Waals surface area (Å²) in [5, 5.41) is 0. The molecule has 0 amide bonds. The standard InChI is InChI=1S/C14H16FNO/c1-8-4-5-13(15)12(6-8)14(16)11-7-9(2)17-10(11)3/h4-7,14H,16H2,1-3H3. The van der Waals surface area contributed by atoms with Crippen molar-refractivity contribution in [2.45, 2.75) is 26.8 Å². The van der Waals surface area contributed by atoms with Crippen LogP contribution in [0.25, 0.3) is 0 Å². The summed E-state index contributed by atoms with van der Waals surface area (Å²) in [6.45, 7) is 5.62. The summed E-state index contributed by atoms with van der Waals surface area (Å²) in [6, 6.07) is 6.35. The molecule has 0 spiro atoms. The van der Waals surface area contributed by atoms with Crippen molar-refractivity contribution in [1.29, 1.82) is 0 Å². The summed E-state index contributed by atoms with van der Waals surface area (Å²) < 4.78 is 19.2. The van der Waals surface area contributed by atoms with Gasteiger partial charge in [0.1, 0.15) is 17.3 Å². The Bertz CT molecular complexity index is 545. The smallest absolute Gasteiger partial charge is 0.128 e. The third-order valence-electron chi connectivity index (χ3n) is 2.90. The minimum Gasteiger partial charge on any atom is -0.466 e. The van der Waals surface area contributed by atoms with Crippen molar-refractivity contribution in [3.05, 3.63) is 58.3 Å². The largest absolute Gasteiger partial charge is 0.466 e. The van der Waals surface area contributed by atoms with E-state index in [1.54, 1.807) is 12.1 Å². The molecule has 0 radical (unpaired) electrons. The van der Waals surface area contributed by atoms with Crippen molar-refractivity contribution in [2.75, 3.05) is 0 Å². The van der Waals surface area contributed by atoms with Crippen molar-refractivity contribution in [2.24, 2.45) is 5.73 Å². The first-order chi connectivity index (χ1) is 7.99. The Hall–Kier alpha value is -1.61. The molecule has 0 fully saturated rings. The molecule has 0 saturated heterocycles. The number of hydrogen-bond donors (Lipinski definition) is 1. The van der Waals surface area contributed by atoms with Gasteiger partial charge in [0.25, 0.3) is 0 Å². The molecular formula is C14H16FNO. The first-order valence-corrected chi connectivity index (χ1v) is 5.57. The average molecular weight is 233 g/mol. The summed E-state index contributed by atoms with van der Waals surface area (Å²) in [6.07, 6.45) is 0. The van der Waals surface area contributed by atoms with Crippen LogP contribution in [0.4, 0.5) is 4.39 Å². The maximum absolute atomic E-state index is 13.7. The molecule has 1 unspecified atom stereocenters. The highest BCUT2D eigenvalue weighted by Crippen LogP contribution is 2.27. The lowest BCUT2D eigenvalue weighted by molar-refractivity contribution is 0.499. The minimum atomic E-state index is -0.479. The Morgan fingerprint density at radius 2 is 1.82 bits per heavy atom. The van der Waals surface area contributed by atoms with E-state index in [4.69, 9.17) is 10.2 Å². The maximum atomic E-state index is 13.7. The van der Waals surface area contributed by atoms with Gasteiger partial charge >= 0.3 is 0 Å². The predicted octanol–water partition coefficient (Wildman–Crippen LogP) is 3.39. The summed E-state index contributed by atoms with van der Waals surface area (Å²) in [5.74, 6) is 1.26. The quantitative estimate of drug-likeness (QED) is 0.863. The van der Waals surface area contributed by atoms with Crippen LogP contribution in [0.3, 0.4) is 0 Å². The molecule has 1 aromatic heterocycles. The molecule has 0 aliphatic carbocycles. The zero-order valence-electron chi connectivity index (χ0n) is 10.3. The molecule has 90 valence electrons. The highest BCUT2D eigenvalue weighted by Gasteiger charge is 2.18. The van der Waals surface area contributed by atoms with Crippen molar-refractivity contribution >= 4 is 0 Å². The van der Waals surface area contributed by atoms with E-state index >= 15 is 0 Å². The molecular weight excluding hydrogens is 217 g/mol. The minimum absolute atomic E-state index is 0.277. The van der Waals surface area contributed by atoms with Crippen LogP contribution in [0.2, 0.25) is 0 Å². The molecule has 1 atom stereocenters. The molecule has 0 saturated carbocycles.